The quantitative estimate of drug-likeness (QED) is 0.393. The SMILES string of the molecule is COc1ccc([C@@H](C)NC(=O)[C@H](CCCNC(=O)OCc2ccccc2)NC(=O)OC(C)(C)C)cc1. The minimum absolute atomic E-state index is 0.168. The number of benzene rings is 2. The molecule has 0 aliphatic rings. The van der Waals surface area contributed by atoms with Crippen LogP contribution in [0.4, 0.5) is 9.59 Å². The summed E-state index contributed by atoms with van der Waals surface area (Å²) in [4.78, 5) is 37.3. The summed E-state index contributed by atoms with van der Waals surface area (Å²) in [5.41, 5.74) is 1.07. The van der Waals surface area contributed by atoms with Crippen molar-refractivity contribution < 1.29 is 28.6 Å². The number of rotatable bonds is 11. The number of hydrogen-bond donors (Lipinski definition) is 3. The highest BCUT2D eigenvalue weighted by Crippen LogP contribution is 2.17. The summed E-state index contributed by atoms with van der Waals surface area (Å²) in [7, 11) is 1.59. The summed E-state index contributed by atoms with van der Waals surface area (Å²) < 4.78 is 15.7. The number of alkyl carbamates (subject to hydrolysis) is 2. The fourth-order valence-electron chi connectivity index (χ4n) is 3.28. The lowest BCUT2D eigenvalue weighted by Crippen LogP contribution is -2.49. The number of nitrogens with one attached hydrogen (secondary N) is 3. The van der Waals surface area contributed by atoms with E-state index in [2.05, 4.69) is 16.0 Å². The van der Waals surface area contributed by atoms with Gasteiger partial charge in [0, 0.05) is 6.54 Å². The highest BCUT2D eigenvalue weighted by Gasteiger charge is 2.25. The van der Waals surface area contributed by atoms with Crippen molar-refractivity contribution >= 4 is 18.1 Å². The Morgan fingerprint density at radius 1 is 0.917 bits per heavy atom. The normalized spacial score (nSPS) is 12.6. The van der Waals surface area contributed by atoms with Crippen LogP contribution in [0, 0.1) is 0 Å². The molecule has 2 aromatic carbocycles. The smallest absolute Gasteiger partial charge is 0.408 e. The molecule has 2 atom stereocenters. The van der Waals surface area contributed by atoms with E-state index in [1.165, 1.54) is 0 Å². The molecule has 3 amide bonds. The average molecular weight is 500 g/mol. The van der Waals surface area contributed by atoms with Gasteiger partial charge in [0.05, 0.1) is 13.2 Å². The topological polar surface area (TPSA) is 115 Å². The Labute approximate surface area is 212 Å². The Balaban J connectivity index is 1.89. The maximum absolute atomic E-state index is 13.0. The first-order valence-electron chi connectivity index (χ1n) is 12.0. The summed E-state index contributed by atoms with van der Waals surface area (Å²) in [6.45, 7) is 7.55. The van der Waals surface area contributed by atoms with Gasteiger partial charge in [0.1, 0.15) is 24.0 Å². The third kappa shape index (κ3) is 10.7. The van der Waals surface area contributed by atoms with Crippen molar-refractivity contribution in [1.29, 1.82) is 0 Å². The predicted octanol–water partition coefficient (Wildman–Crippen LogP) is 4.47. The van der Waals surface area contributed by atoms with E-state index in [1.54, 1.807) is 27.9 Å². The van der Waals surface area contributed by atoms with Crippen LogP contribution >= 0.6 is 0 Å². The van der Waals surface area contributed by atoms with Gasteiger partial charge in [0.25, 0.3) is 0 Å². The molecule has 0 aliphatic carbocycles. The summed E-state index contributed by atoms with van der Waals surface area (Å²) in [5, 5.41) is 8.24. The van der Waals surface area contributed by atoms with E-state index in [-0.39, 0.29) is 25.1 Å². The number of carbonyl (C=O) groups is 3. The maximum Gasteiger partial charge on any atom is 0.408 e. The molecule has 0 heterocycles. The third-order valence-corrected chi connectivity index (χ3v) is 5.13. The highest BCUT2D eigenvalue weighted by atomic mass is 16.6. The lowest BCUT2D eigenvalue weighted by atomic mass is 10.1. The van der Waals surface area contributed by atoms with Crippen LogP contribution in [0.5, 0.6) is 5.75 Å². The van der Waals surface area contributed by atoms with Gasteiger partial charge in [-0.1, -0.05) is 42.5 Å². The van der Waals surface area contributed by atoms with Gasteiger partial charge in [-0.05, 0) is 63.8 Å². The number of carbonyl (C=O) groups excluding carboxylic acids is 3. The Bertz CT molecular complexity index is 973. The number of hydrogen-bond acceptors (Lipinski definition) is 6. The van der Waals surface area contributed by atoms with Crippen LogP contribution in [-0.2, 0) is 20.9 Å². The van der Waals surface area contributed by atoms with E-state index in [0.717, 1.165) is 16.9 Å². The van der Waals surface area contributed by atoms with Crippen molar-refractivity contribution in [2.75, 3.05) is 13.7 Å². The Morgan fingerprint density at radius 3 is 2.19 bits per heavy atom. The van der Waals surface area contributed by atoms with Gasteiger partial charge < -0.3 is 30.2 Å². The first-order chi connectivity index (χ1) is 17.1. The highest BCUT2D eigenvalue weighted by molar-refractivity contribution is 5.86. The molecule has 0 fully saturated rings. The molecule has 0 radical (unpaired) electrons. The summed E-state index contributed by atoms with van der Waals surface area (Å²) in [5.74, 6) is 0.368. The molecule has 0 unspecified atom stereocenters. The van der Waals surface area contributed by atoms with Crippen LogP contribution in [0.1, 0.15) is 57.7 Å². The average Bonchev–Trinajstić information content (AvgIpc) is 2.84. The molecule has 0 saturated heterocycles. The second-order valence-corrected chi connectivity index (χ2v) is 9.33. The fourth-order valence-corrected chi connectivity index (χ4v) is 3.28. The second kappa shape index (κ2) is 14.0. The molecule has 0 aromatic heterocycles. The van der Waals surface area contributed by atoms with Crippen LogP contribution in [0.15, 0.2) is 54.6 Å². The van der Waals surface area contributed by atoms with Crippen LogP contribution in [0.3, 0.4) is 0 Å². The molecule has 2 rings (SSSR count). The van der Waals surface area contributed by atoms with E-state index in [9.17, 15) is 14.4 Å². The van der Waals surface area contributed by atoms with Crippen molar-refractivity contribution in [3.8, 4) is 5.75 Å². The van der Waals surface area contributed by atoms with Crippen LogP contribution in [0.2, 0.25) is 0 Å². The van der Waals surface area contributed by atoms with Gasteiger partial charge in [-0.3, -0.25) is 4.79 Å². The maximum atomic E-state index is 13.0. The molecule has 9 heteroatoms. The molecule has 0 bridgehead atoms. The Morgan fingerprint density at radius 2 is 1.58 bits per heavy atom. The largest absolute Gasteiger partial charge is 0.497 e. The summed E-state index contributed by atoms with van der Waals surface area (Å²) in [6.07, 6.45) is -0.506. The zero-order valence-corrected chi connectivity index (χ0v) is 21.6. The number of amides is 3. The minimum atomic E-state index is -0.845. The van der Waals surface area contributed by atoms with Gasteiger partial charge in [-0.25, -0.2) is 9.59 Å². The first kappa shape index (κ1) is 28.5. The number of ether oxygens (including phenoxy) is 3. The van der Waals surface area contributed by atoms with E-state index in [0.29, 0.717) is 12.8 Å². The van der Waals surface area contributed by atoms with Gasteiger partial charge in [0.2, 0.25) is 5.91 Å². The lowest BCUT2D eigenvalue weighted by molar-refractivity contribution is -0.124. The zero-order chi connectivity index (χ0) is 26.6. The lowest BCUT2D eigenvalue weighted by Gasteiger charge is -2.24. The number of methoxy groups -OCH3 is 1. The first-order valence-corrected chi connectivity index (χ1v) is 12.0. The van der Waals surface area contributed by atoms with Crippen molar-refractivity contribution in [2.45, 2.75) is 64.8 Å². The van der Waals surface area contributed by atoms with Crippen molar-refractivity contribution in [1.82, 2.24) is 16.0 Å². The summed E-state index contributed by atoms with van der Waals surface area (Å²) in [6, 6.07) is 15.6. The second-order valence-electron chi connectivity index (χ2n) is 9.33. The molecule has 2 aromatic rings. The third-order valence-electron chi connectivity index (χ3n) is 5.13. The van der Waals surface area contributed by atoms with Crippen molar-refractivity contribution in [2.24, 2.45) is 0 Å². The van der Waals surface area contributed by atoms with Gasteiger partial charge in [-0.2, -0.15) is 0 Å². The molecule has 196 valence electrons. The fraction of sp³-hybridized carbons (Fsp3) is 0.444. The predicted molar refractivity (Wildman–Crippen MR) is 137 cm³/mol. The zero-order valence-electron chi connectivity index (χ0n) is 21.6. The molecule has 36 heavy (non-hydrogen) atoms. The Kier molecular flexibility index (Phi) is 11.1. The van der Waals surface area contributed by atoms with Gasteiger partial charge in [-0.15, -0.1) is 0 Å². The van der Waals surface area contributed by atoms with E-state index >= 15 is 0 Å². The van der Waals surface area contributed by atoms with E-state index in [4.69, 9.17) is 14.2 Å². The van der Waals surface area contributed by atoms with Gasteiger partial charge in [0.15, 0.2) is 0 Å². The van der Waals surface area contributed by atoms with Gasteiger partial charge >= 0.3 is 12.2 Å². The molecular formula is C27H37N3O6. The van der Waals surface area contributed by atoms with Crippen molar-refractivity contribution in [3.05, 3.63) is 65.7 Å². The van der Waals surface area contributed by atoms with E-state index < -0.39 is 23.8 Å². The minimum Gasteiger partial charge on any atom is -0.497 e. The molecule has 3 N–H and O–H groups in total. The standard InChI is InChI=1S/C27H37N3O6/c1-19(21-13-15-22(34-5)16-14-21)29-24(31)23(30-26(33)36-27(2,3)4)12-9-17-28-25(32)35-18-20-10-7-6-8-11-20/h6-8,10-11,13-16,19,23H,9,12,17-18H2,1-5H3,(H,28,32)(H,29,31)(H,30,33)/t19-,23+/m1/s1. The molecule has 0 spiro atoms. The summed E-state index contributed by atoms with van der Waals surface area (Å²) >= 11 is 0. The van der Waals surface area contributed by atoms with E-state index in [1.807, 2.05) is 61.5 Å². The van der Waals surface area contributed by atoms with Crippen LogP contribution < -0.4 is 20.7 Å². The molecular weight excluding hydrogens is 462 g/mol. The molecule has 0 aliphatic heterocycles. The molecule has 9 nitrogen and oxygen atoms in total. The Hall–Kier alpha value is -3.75. The van der Waals surface area contributed by atoms with Crippen LogP contribution in [0.25, 0.3) is 0 Å². The molecule has 0 saturated carbocycles. The monoisotopic (exact) mass is 499 g/mol. The van der Waals surface area contributed by atoms with Crippen LogP contribution in [-0.4, -0.2) is 43.4 Å². The van der Waals surface area contributed by atoms with Crippen molar-refractivity contribution in [3.63, 3.8) is 0 Å².